The van der Waals surface area contributed by atoms with Gasteiger partial charge in [0.1, 0.15) is 0 Å². The lowest BCUT2D eigenvalue weighted by molar-refractivity contribution is -0.182. The summed E-state index contributed by atoms with van der Waals surface area (Å²) >= 11 is 0. The lowest BCUT2D eigenvalue weighted by Gasteiger charge is -2.33. The minimum Gasteiger partial charge on any atom is -0.373 e. The Hall–Kier alpha value is -1.76. The summed E-state index contributed by atoms with van der Waals surface area (Å²) in [5.74, 6) is -1.23. The van der Waals surface area contributed by atoms with Gasteiger partial charge in [0.15, 0.2) is 0 Å². The number of rotatable bonds is 3. The fourth-order valence-corrected chi connectivity index (χ4v) is 3.81. The first-order valence-corrected chi connectivity index (χ1v) is 9.22. The van der Waals surface area contributed by atoms with Crippen molar-refractivity contribution in [1.29, 1.82) is 0 Å². The minimum absolute atomic E-state index is 0.000435. The summed E-state index contributed by atoms with van der Waals surface area (Å²) in [5.41, 5.74) is 1.09. The van der Waals surface area contributed by atoms with Crippen LogP contribution in [-0.2, 0) is 4.74 Å². The molecule has 1 saturated heterocycles. The second-order valence-electron chi connectivity index (χ2n) is 7.20. The molecule has 3 rings (SSSR count). The molecule has 2 atom stereocenters. The third kappa shape index (κ3) is 5.13. The minimum atomic E-state index is -4.12. The molecule has 1 saturated carbocycles. The molecule has 2 unspecified atom stereocenters. The van der Waals surface area contributed by atoms with E-state index < -0.39 is 12.1 Å². The Balaban J connectivity index is 1.44. The first kappa shape index (κ1) is 19.0. The molecule has 1 aliphatic heterocycles. The van der Waals surface area contributed by atoms with Crippen LogP contribution in [0, 0.1) is 5.92 Å². The van der Waals surface area contributed by atoms with Gasteiger partial charge in [-0.2, -0.15) is 13.2 Å². The molecular formula is C19H25F3N2O2. The quantitative estimate of drug-likeness (QED) is 0.832. The Morgan fingerprint density at radius 3 is 2.27 bits per heavy atom. The largest absolute Gasteiger partial charge is 0.391 e. The van der Waals surface area contributed by atoms with Gasteiger partial charge in [-0.15, -0.1) is 0 Å². The zero-order valence-electron chi connectivity index (χ0n) is 14.6. The molecule has 1 aromatic rings. The fourth-order valence-electron chi connectivity index (χ4n) is 3.81. The number of ether oxygens (including phenoxy) is 1. The molecule has 4 nitrogen and oxygen atoms in total. The van der Waals surface area contributed by atoms with Gasteiger partial charge in [-0.05, 0) is 44.1 Å². The highest BCUT2D eigenvalue weighted by Gasteiger charge is 2.41. The van der Waals surface area contributed by atoms with Crippen molar-refractivity contribution >= 4 is 6.03 Å². The van der Waals surface area contributed by atoms with E-state index in [1.807, 2.05) is 30.3 Å². The third-order valence-electron chi connectivity index (χ3n) is 5.32. The van der Waals surface area contributed by atoms with Gasteiger partial charge in [0.05, 0.1) is 12.0 Å². The number of hydrogen-bond acceptors (Lipinski definition) is 2. The van der Waals surface area contributed by atoms with Gasteiger partial charge in [-0.25, -0.2) is 4.79 Å². The lowest BCUT2D eigenvalue weighted by atomic mass is 9.85. The van der Waals surface area contributed by atoms with Crippen LogP contribution in [0.3, 0.4) is 0 Å². The maximum absolute atomic E-state index is 12.7. The number of nitrogens with one attached hydrogen (secondary N) is 2. The van der Waals surface area contributed by atoms with Gasteiger partial charge in [-0.3, -0.25) is 0 Å². The zero-order chi connectivity index (χ0) is 18.6. The second-order valence-corrected chi connectivity index (χ2v) is 7.20. The first-order valence-electron chi connectivity index (χ1n) is 9.22. The van der Waals surface area contributed by atoms with Crippen molar-refractivity contribution < 1.29 is 22.7 Å². The number of benzene rings is 1. The predicted octanol–water partition coefficient (Wildman–Crippen LogP) is 4.33. The molecule has 144 valence electrons. The van der Waals surface area contributed by atoms with Gasteiger partial charge in [-0.1, -0.05) is 30.3 Å². The van der Waals surface area contributed by atoms with Crippen LogP contribution in [0.5, 0.6) is 0 Å². The van der Waals surface area contributed by atoms with E-state index in [4.69, 9.17) is 4.74 Å². The van der Waals surface area contributed by atoms with Crippen LogP contribution in [-0.4, -0.2) is 30.9 Å². The summed E-state index contributed by atoms with van der Waals surface area (Å²) in [6, 6.07) is 9.40. The molecule has 2 N–H and O–H groups in total. The van der Waals surface area contributed by atoms with E-state index in [9.17, 15) is 18.0 Å². The van der Waals surface area contributed by atoms with Crippen molar-refractivity contribution in [2.24, 2.45) is 5.92 Å². The van der Waals surface area contributed by atoms with Crippen molar-refractivity contribution in [3.63, 3.8) is 0 Å². The molecule has 1 aromatic carbocycles. The first-order chi connectivity index (χ1) is 12.4. The van der Waals surface area contributed by atoms with Crippen LogP contribution < -0.4 is 10.6 Å². The fraction of sp³-hybridized carbons (Fsp3) is 0.632. The monoisotopic (exact) mass is 370 g/mol. The molecule has 1 aliphatic carbocycles. The Bertz CT molecular complexity index is 586. The molecule has 26 heavy (non-hydrogen) atoms. The van der Waals surface area contributed by atoms with Crippen LogP contribution in [0.4, 0.5) is 18.0 Å². The van der Waals surface area contributed by atoms with Crippen molar-refractivity contribution in [3.8, 4) is 0 Å². The molecule has 2 aliphatic rings. The SMILES string of the molecule is O=C(NC1CCC(C(F)(F)F)CC1)NC1CCOC(c2ccccc2)C1. The van der Waals surface area contributed by atoms with Crippen LogP contribution >= 0.6 is 0 Å². The summed E-state index contributed by atoms with van der Waals surface area (Å²) in [7, 11) is 0. The van der Waals surface area contributed by atoms with Crippen molar-refractivity contribution in [2.75, 3.05) is 6.61 Å². The van der Waals surface area contributed by atoms with E-state index in [2.05, 4.69) is 10.6 Å². The highest BCUT2D eigenvalue weighted by Crippen LogP contribution is 2.37. The molecule has 0 radical (unpaired) electrons. The van der Waals surface area contributed by atoms with Gasteiger partial charge < -0.3 is 15.4 Å². The number of urea groups is 1. The molecule has 0 spiro atoms. The van der Waals surface area contributed by atoms with E-state index in [-0.39, 0.29) is 37.1 Å². The van der Waals surface area contributed by atoms with E-state index in [1.165, 1.54) is 0 Å². The number of carbonyl (C=O) groups is 1. The van der Waals surface area contributed by atoms with Crippen molar-refractivity contribution in [2.45, 2.75) is 62.9 Å². The zero-order valence-corrected chi connectivity index (χ0v) is 14.6. The molecule has 0 bridgehead atoms. The standard InChI is InChI=1S/C19H25F3N2O2/c20-19(21,22)14-6-8-15(9-7-14)23-18(25)24-16-10-11-26-17(12-16)13-4-2-1-3-5-13/h1-5,14-17H,6-12H2,(H2,23,24,25). The number of hydrogen-bond donors (Lipinski definition) is 2. The summed E-state index contributed by atoms with van der Waals surface area (Å²) in [4.78, 5) is 12.2. The Morgan fingerprint density at radius 1 is 0.962 bits per heavy atom. The molecular weight excluding hydrogens is 345 g/mol. The smallest absolute Gasteiger partial charge is 0.373 e. The van der Waals surface area contributed by atoms with Crippen LogP contribution in [0.1, 0.15) is 50.2 Å². The molecule has 7 heteroatoms. The number of amides is 2. The van der Waals surface area contributed by atoms with Crippen LogP contribution in [0.25, 0.3) is 0 Å². The van der Waals surface area contributed by atoms with E-state index in [0.29, 0.717) is 25.9 Å². The third-order valence-corrected chi connectivity index (χ3v) is 5.32. The van der Waals surface area contributed by atoms with Crippen LogP contribution in [0.15, 0.2) is 30.3 Å². The molecule has 1 heterocycles. The highest BCUT2D eigenvalue weighted by molar-refractivity contribution is 5.74. The van der Waals surface area contributed by atoms with Gasteiger partial charge in [0, 0.05) is 18.7 Å². The van der Waals surface area contributed by atoms with Crippen LogP contribution in [0.2, 0.25) is 0 Å². The van der Waals surface area contributed by atoms with Crippen molar-refractivity contribution in [3.05, 3.63) is 35.9 Å². The van der Waals surface area contributed by atoms with E-state index >= 15 is 0 Å². The molecule has 2 fully saturated rings. The number of halogens is 3. The van der Waals surface area contributed by atoms with Crippen molar-refractivity contribution in [1.82, 2.24) is 10.6 Å². The Labute approximate surface area is 151 Å². The second kappa shape index (κ2) is 8.29. The summed E-state index contributed by atoms with van der Waals surface area (Å²) in [6.07, 6.45) is -1.82. The summed E-state index contributed by atoms with van der Waals surface area (Å²) < 4.78 is 43.9. The Morgan fingerprint density at radius 2 is 1.62 bits per heavy atom. The van der Waals surface area contributed by atoms with Gasteiger partial charge in [0.25, 0.3) is 0 Å². The van der Waals surface area contributed by atoms with Gasteiger partial charge >= 0.3 is 12.2 Å². The predicted molar refractivity (Wildman–Crippen MR) is 91.6 cm³/mol. The summed E-state index contributed by atoms with van der Waals surface area (Å²) in [6.45, 7) is 0.571. The normalized spacial score (nSPS) is 29.8. The van der Waals surface area contributed by atoms with Gasteiger partial charge in [0.2, 0.25) is 0 Å². The average molecular weight is 370 g/mol. The van der Waals surface area contributed by atoms with E-state index in [0.717, 1.165) is 12.0 Å². The molecule has 0 aromatic heterocycles. The number of alkyl halides is 3. The highest BCUT2D eigenvalue weighted by atomic mass is 19.4. The Kier molecular flexibility index (Phi) is 6.06. The topological polar surface area (TPSA) is 50.4 Å². The van der Waals surface area contributed by atoms with E-state index in [1.54, 1.807) is 0 Å². The average Bonchev–Trinajstić information content (AvgIpc) is 2.62. The maximum atomic E-state index is 12.7. The lowest BCUT2D eigenvalue weighted by Crippen LogP contribution is -2.49. The number of carbonyl (C=O) groups excluding carboxylic acids is 1. The maximum Gasteiger partial charge on any atom is 0.391 e. The summed E-state index contributed by atoms with van der Waals surface area (Å²) in [5, 5.41) is 5.79. The molecule has 2 amide bonds.